The first-order valence-electron chi connectivity index (χ1n) is 5.09. The molecule has 1 heterocycles. The zero-order chi connectivity index (χ0) is 10.7. The normalized spacial score (nSPS) is 25.5. The first-order chi connectivity index (χ1) is 7.31. The van der Waals surface area contributed by atoms with Gasteiger partial charge in [0.25, 0.3) is 0 Å². The summed E-state index contributed by atoms with van der Waals surface area (Å²) >= 11 is 11.9. The lowest BCUT2D eigenvalue weighted by Crippen LogP contribution is -2.25. The highest BCUT2D eigenvalue weighted by molar-refractivity contribution is 6.32. The maximum atomic E-state index is 5.97. The Kier molecular flexibility index (Phi) is 3.65. The Labute approximate surface area is 99.2 Å². The van der Waals surface area contributed by atoms with Crippen LogP contribution in [-0.2, 0) is 0 Å². The number of hydrogen-bond donors (Lipinski definition) is 1. The number of aromatic nitrogens is 2. The monoisotopic (exact) mass is 245 g/mol. The highest BCUT2D eigenvalue weighted by Crippen LogP contribution is 2.30. The van der Waals surface area contributed by atoms with Gasteiger partial charge in [0.15, 0.2) is 0 Å². The van der Waals surface area contributed by atoms with E-state index in [-0.39, 0.29) is 0 Å². The van der Waals surface area contributed by atoms with Gasteiger partial charge in [0.1, 0.15) is 17.2 Å². The Balaban J connectivity index is 2.05. The minimum absolute atomic E-state index is 0.398. The van der Waals surface area contributed by atoms with Crippen molar-refractivity contribution in [1.82, 2.24) is 9.97 Å². The molecule has 1 N–H and O–H groups in total. The molecule has 15 heavy (non-hydrogen) atoms. The van der Waals surface area contributed by atoms with E-state index >= 15 is 0 Å². The van der Waals surface area contributed by atoms with Crippen molar-refractivity contribution in [2.45, 2.75) is 25.3 Å². The summed E-state index contributed by atoms with van der Waals surface area (Å²) < 4.78 is 0. The molecule has 1 aromatic rings. The van der Waals surface area contributed by atoms with Crippen LogP contribution in [0.15, 0.2) is 12.5 Å². The Morgan fingerprint density at radius 3 is 3.07 bits per heavy atom. The smallest absolute Gasteiger partial charge is 0.148 e. The van der Waals surface area contributed by atoms with Crippen molar-refractivity contribution in [2.24, 2.45) is 5.92 Å². The van der Waals surface area contributed by atoms with Gasteiger partial charge in [-0.3, -0.25) is 0 Å². The molecule has 1 fully saturated rings. The lowest BCUT2D eigenvalue weighted by Gasteiger charge is -2.19. The average molecular weight is 246 g/mol. The van der Waals surface area contributed by atoms with Gasteiger partial charge < -0.3 is 5.32 Å². The van der Waals surface area contributed by atoms with Crippen LogP contribution >= 0.6 is 23.2 Å². The van der Waals surface area contributed by atoms with Crippen molar-refractivity contribution in [3.05, 3.63) is 17.5 Å². The van der Waals surface area contributed by atoms with Gasteiger partial charge in [-0.05, 0) is 18.8 Å². The van der Waals surface area contributed by atoms with Gasteiger partial charge in [0, 0.05) is 11.9 Å². The molecule has 2 unspecified atom stereocenters. The fourth-order valence-electron chi connectivity index (χ4n) is 2.01. The van der Waals surface area contributed by atoms with Crippen LogP contribution in [0, 0.1) is 5.92 Å². The highest BCUT2D eigenvalue weighted by atomic mass is 35.5. The van der Waals surface area contributed by atoms with Crippen molar-refractivity contribution < 1.29 is 0 Å². The first-order valence-corrected chi connectivity index (χ1v) is 6.00. The van der Waals surface area contributed by atoms with Crippen LogP contribution < -0.4 is 5.32 Å². The summed E-state index contributed by atoms with van der Waals surface area (Å²) in [6, 6.07) is 0.398. The van der Waals surface area contributed by atoms with Crippen LogP contribution in [0.1, 0.15) is 19.3 Å². The van der Waals surface area contributed by atoms with E-state index in [4.69, 9.17) is 23.2 Å². The van der Waals surface area contributed by atoms with Crippen molar-refractivity contribution in [3.63, 3.8) is 0 Å². The van der Waals surface area contributed by atoms with E-state index in [0.717, 1.165) is 6.42 Å². The second kappa shape index (κ2) is 4.99. The van der Waals surface area contributed by atoms with Crippen LogP contribution in [-0.4, -0.2) is 21.9 Å². The van der Waals surface area contributed by atoms with E-state index < -0.39 is 0 Å². The van der Waals surface area contributed by atoms with Crippen molar-refractivity contribution in [1.29, 1.82) is 0 Å². The van der Waals surface area contributed by atoms with Gasteiger partial charge >= 0.3 is 0 Å². The van der Waals surface area contributed by atoms with Crippen LogP contribution in [0.3, 0.4) is 0 Å². The van der Waals surface area contributed by atoms with Crippen LogP contribution in [0.2, 0.25) is 5.02 Å². The molecule has 1 aliphatic carbocycles. The molecule has 82 valence electrons. The standard InChI is InChI=1S/C10H13Cl2N3/c11-4-7-2-1-3-9(7)15-10-8(12)5-13-6-14-10/h5-7,9H,1-4H2,(H,13,14,15). The van der Waals surface area contributed by atoms with E-state index in [9.17, 15) is 0 Å². The highest BCUT2D eigenvalue weighted by Gasteiger charge is 2.26. The topological polar surface area (TPSA) is 37.8 Å². The fraction of sp³-hybridized carbons (Fsp3) is 0.600. The molecular weight excluding hydrogens is 233 g/mol. The van der Waals surface area contributed by atoms with Gasteiger partial charge in [-0.1, -0.05) is 18.0 Å². The molecule has 3 nitrogen and oxygen atoms in total. The number of anilines is 1. The van der Waals surface area contributed by atoms with Crippen LogP contribution in [0.4, 0.5) is 5.82 Å². The molecule has 0 radical (unpaired) electrons. The summed E-state index contributed by atoms with van der Waals surface area (Å²) in [5.74, 6) is 1.94. The number of alkyl halides is 1. The molecule has 0 aliphatic heterocycles. The fourth-order valence-corrected chi connectivity index (χ4v) is 2.54. The molecule has 2 rings (SSSR count). The first kappa shape index (κ1) is 11.0. The summed E-state index contributed by atoms with van der Waals surface area (Å²) in [4.78, 5) is 7.96. The summed E-state index contributed by atoms with van der Waals surface area (Å²) in [5, 5.41) is 3.91. The van der Waals surface area contributed by atoms with Gasteiger partial charge in [0.05, 0.1) is 6.20 Å². The zero-order valence-corrected chi connectivity index (χ0v) is 9.80. The third kappa shape index (κ3) is 2.52. The summed E-state index contributed by atoms with van der Waals surface area (Å²) in [6.07, 6.45) is 6.64. The zero-order valence-electron chi connectivity index (χ0n) is 8.29. The number of hydrogen-bond acceptors (Lipinski definition) is 3. The maximum absolute atomic E-state index is 5.97. The molecule has 2 atom stereocenters. The van der Waals surface area contributed by atoms with E-state index in [0.29, 0.717) is 28.7 Å². The number of nitrogens with one attached hydrogen (secondary N) is 1. The molecule has 0 bridgehead atoms. The Morgan fingerprint density at radius 2 is 2.33 bits per heavy atom. The number of halogens is 2. The molecule has 5 heteroatoms. The largest absolute Gasteiger partial charge is 0.366 e. The molecule has 1 aromatic heterocycles. The minimum Gasteiger partial charge on any atom is -0.366 e. The molecule has 1 aliphatic rings. The van der Waals surface area contributed by atoms with Gasteiger partial charge in [-0.2, -0.15) is 0 Å². The molecule has 0 amide bonds. The average Bonchev–Trinajstić information content (AvgIpc) is 2.69. The van der Waals surface area contributed by atoms with Crippen LogP contribution in [0.25, 0.3) is 0 Å². The van der Waals surface area contributed by atoms with Crippen molar-refractivity contribution >= 4 is 29.0 Å². The van der Waals surface area contributed by atoms with Crippen molar-refractivity contribution in [3.8, 4) is 0 Å². The van der Waals surface area contributed by atoms with E-state index in [2.05, 4.69) is 15.3 Å². The van der Waals surface area contributed by atoms with Crippen molar-refractivity contribution in [2.75, 3.05) is 11.2 Å². The predicted molar refractivity (Wildman–Crippen MR) is 62.5 cm³/mol. The Bertz CT molecular complexity index is 332. The maximum Gasteiger partial charge on any atom is 0.148 e. The molecule has 0 spiro atoms. The summed E-state index contributed by atoms with van der Waals surface area (Å²) in [6.45, 7) is 0. The summed E-state index contributed by atoms with van der Waals surface area (Å²) in [5.41, 5.74) is 0. The second-order valence-corrected chi connectivity index (χ2v) is 4.53. The van der Waals surface area contributed by atoms with Crippen LogP contribution in [0.5, 0.6) is 0 Å². The van der Waals surface area contributed by atoms with E-state index in [1.54, 1.807) is 6.20 Å². The van der Waals surface area contributed by atoms with E-state index in [1.807, 2.05) is 0 Å². The van der Waals surface area contributed by atoms with Gasteiger partial charge in [-0.15, -0.1) is 11.6 Å². The number of rotatable bonds is 3. The van der Waals surface area contributed by atoms with E-state index in [1.165, 1.54) is 19.2 Å². The second-order valence-electron chi connectivity index (χ2n) is 3.82. The third-order valence-corrected chi connectivity index (χ3v) is 3.52. The third-order valence-electron chi connectivity index (χ3n) is 2.85. The SMILES string of the molecule is ClCC1CCCC1Nc1ncncc1Cl. The van der Waals surface area contributed by atoms with Gasteiger partial charge in [0.2, 0.25) is 0 Å². The number of nitrogens with zero attached hydrogens (tertiary/aromatic N) is 2. The lowest BCUT2D eigenvalue weighted by atomic mass is 10.1. The quantitative estimate of drug-likeness (QED) is 0.833. The molecular formula is C10H13Cl2N3. The van der Waals surface area contributed by atoms with Gasteiger partial charge in [-0.25, -0.2) is 9.97 Å². The Morgan fingerprint density at radius 1 is 1.47 bits per heavy atom. The summed E-state index contributed by atoms with van der Waals surface area (Å²) in [7, 11) is 0. The molecule has 0 saturated heterocycles. The predicted octanol–water partition coefficient (Wildman–Crippen LogP) is 2.95. The Hall–Kier alpha value is -0.540. The minimum atomic E-state index is 0.398. The lowest BCUT2D eigenvalue weighted by molar-refractivity contribution is 0.561. The molecule has 1 saturated carbocycles. The molecule has 0 aromatic carbocycles.